The summed E-state index contributed by atoms with van der Waals surface area (Å²) < 4.78 is 5.34. The van der Waals surface area contributed by atoms with Gasteiger partial charge in [0.25, 0.3) is 0 Å². The molecule has 1 aliphatic carbocycles. The average molecular weight is 247 g/mol. The third-order valence-corrected chi connectivity index (χ3v) is 3.81. The zero-order valence-electron chi connectivity index (χ0n) is 10.2. The largest absolute Gasteiger partial charge is 0.392 e. The number of anilines is 1. The van der Waals surface area contributed by atoms with Gasteiger partial charge in [-0.25, -0.2) is 0 Å². The van der Waals surface area contributed by atoms with Crippen molar-refractivity contribution in [2.75, 3.05) is 5.32 Å². The number of aliphatic hydroxyl groups is 1. The first-order valence-corrected chi connectivity index (χ1v) is 6.42. The number of ether oxygens (including phenoxy) is 1. The molecule has 1 aromatic carbocycles. The van der Waals surface area contributed by atoms with Gasteiger partial charge in [0.05, 0.1) is 25.2 Å². The standard InChI is InChI=1S/C14H17NO3/c16-13-3-1-2-12(13)14(17)15-11-5-4-9-7-18-8-10(9)6-11/h4-6,12-13,16H,1-3,7-8H2,(H,15,17). The van der Waals surface area contributed by atoms with Crippen molar-refractivity contribution in [2.24, 2.45) is 5.92 Å². The van der Waals surface area contributed by atoms with Crippen molar-refractivity contribution < 1.29 is 14.6 Å². The number of nitrogens with one attached hydrogen (secondary N) is 1. The van der Waals surface area contributed by atoms with E-state index < -0.39 is 6.10 Å². The fraction of sp³-hybridized carbons (Fsp3) is 0.500. The van der Waals surface area contributed by atoms with Crippen LogP contribution < -0.4 is 5.32 Å². The lowest BCUT2D eigenvalue weighted by Gasteiger charge is -2.14. The fourth-order valence-corrected chi connectivity index (χ4v) is 2.73. The molecular weight excluding hydrogens is 230 g/mol. The highest BCUT2D eigenvalue weighted by molar-refractivity contribution is 5.93. The van der Waals surface area contributed by atoms with E-state index in [0.717, 1.165) is 30.5 Å². The van der Waals surface area contributed by atoms with Crippen LogP contribution in [0.4, 0.5) is 5.69 Å². The molecule has 0 radical (unpaired) electrons. The van der Waals surface area contributed by atoms with Crippen molar-refractivity contribution in [3.8, 4) is 0 Å². The topological polar surface area (TPSA) is 58.6 Å². The Balaban J connectivity index is 1.71. The molecule has 4 nitrogen and oxygen atoms in total. The van der Waals surface area contributed by atoms with Crippen molar-refractivity contribution in [2.45, 2.75) is 38.6 Å². The molecule has 1 heterocycles. The van der Waals surface area contributed by atoms with Gasteiger partial charge >= 0.3 is 0 Å². The Hall–Kier alpha value is -1.39. The number of amides is 1. The Kier molecular flexibility index (Phi) is 3.06. The van der Waals surface area contributed by atoms with Crippen LogP contribution in [-0.4, -0.2) is 17.1 Å². The predicted octanol–water partition coefficient (Wildman–Crippen LogP) is 1.82. The summed E-state index contributed by atoms with van der Waals surface area (Å²) in [7, 11) is 0. The summed E-state index contributed by atoms with van der Waals surface area (Å²) in [6, 6.07) is 5.84. The number of benzene rings is 1. The van der Waals surface area contributed by atoms with E-state index in [-0.39, 0.29) is 11.8 Å². The molecule has 2 unspecified atom stereocenters. The molecule has 0 aromatic heterocycles. The quantitative estimate of drug-likeness (QED) is 0.838. The molecule has 0 spiro atoms. The zero-order chi connectivity index (χ0) is 12.5. The smallest absolute Gasteiger partial charge is 0.230 e. The third-order valence-electron chi connectivity index (χ3n) is 3.81. The van der Waals surface area contributed by atoms with Gasteiger partial charge in [-0.2, -0.15) is 0 Å². The summed E-state index contributed by atoms with van der Waals surface area (Å²) in [6.07, 6.45) is 1.96. The van der Waals surface area contributed by atoms with Crippen LogP contribution in [0.5, 0.6) is 0 Å². The normalized spacial score (nSPS) is 26.1. The Morgan fingerprint density at radius 1 is 1.28 bits per heavy atom. The van der Waals surface area contributed by atoms with E-state index in [2.05, 4.69) is 5.32 Å². The van der Waals surface area contributed by atoms with Crippen molar-refractivity contribution in [1.82, 2.24) is 0 Å². The highest BCUT2D eigenvalue weighted by Gasteiger charge is 2.31. The number of fused-ring (bicyclic) bond motifs is 1. The molecule has 2 aliphatic rings. The first-order chi connectivity index (χ1) is 8.74. The van der Waals surface area contributed by atoms with Gasteiger partial charge in [0.1, 0.15) is 0 Å². The van der Waals surface area contributed by atoms with Crippen LogP contribution in [0.25, 0.3) is 0 Å². The lowest BCUT2D eigenvalue weighted by Crippen LogP contribution is -2.28. The summed E-state index contributed by atoms with van der Waals surface area (Å²) in [5, 5.41) is 12.6. The summed E-state index contributed by atoms with van der Waals surface area (Å²) in [5.74, 6) is -0.326. The average Bonchev–Trinajstić information content (AvgIpc) is 2.96. The van der Waals surface area contributed by atoms with Crippen molar-refractivity contribution in [3.63, 3.8) is 0 Å². The van der Waals surface area contributed by atoms with E-state index in [1.807, 2.05) is 18.2 Å². The summed E-state index contributed by atoms with van der Waals surface area (Å²) in [4.78, 5) is 12.0. The first-order valence-electron chi connectivity index (χ1n) is 6.42. The number of hydrogen-bond acceptors (Lipinski definition) is 3. The molecule has 1 fully saturated rings. The Labute approximate surface area is 106 Å². The molecule has 3 rings (SSSR count). The van der Waals surface area contributed by atoms with Crippen LogP contribution in [0, 0.1) is 5.92 Å². The molecule has 2 atom stereocenters. The van der Waals surface area contributed by atoms with E-state index in [0.29, 0.717) is 13.2 Å². The lowest BCUT2D eigenvalue weighted by atomic mass is 10.0. The van der Waals surface area contributed by atoms with Crippen LogP contribution in [0.2, 0.25) is 0 Å². The number of carbonyl (C=O) groups excluding carboxylic acids is 1. The van der Waals surface area contributed by atoms with Gasteiger partial charge in [0.15, 0.2) is 0 Å². The van der Waals surface area contributed by atoms with Gasteiger partial charge < -0.3 is 15.2 Å². The van der Waals surface area contributed by atoms with E-state index >= 15 is 0 Å². The Morgan fingerprint density at radius 3 is 2.89 bits per heavy atom. The van der Waals surface area contributed by atoms with Gasteiger partial charge in [-0.15, -0.1) is 0 Å². The Morgan fingerprint density at radius 2 is 2.11 bits per heavy atom. The molecule has 1 aliphatic heterocycles. The van der Waals surface area contributed by atoms with Crippen LogP contribution in [0.3, 0.4) is 0 Å². The minimum Gasteiger partial charge on any atom is -0.392 e. The minimum atomic E-state index is -0.484. The van der Waals surface area contributed by atoms with Gasteiger partial charge in [0.2, 0.25) is 5.91 Å². The van der Waals surface area contributed by atoms with Crippen molar-refractivity contribution >= 4 is 11.6 Å². The fourth-order valence-electron chi connectivity index (χ4n) is 2.73. The molecule has 1 amide bonds. The van der Waals surface area contributed by atoms with E-state index in [1.54, 1.807) is 0 Å². The van der Waals surface area contributed by atoms with Crippen molar-refractivity contribution in [1.29, 1.82) is 0 Å². The highest BCUT2D eigenvalue weighted by atomic mass is 16.5. The van der Waals surface area contributed by atoms with Crippen LogP contribution in [-0.2, 0) is 22.7 Å². The van der Waals surface area contributed by atoms with Gasteiger partial charge in [0, 0.05) is 5.69 Å². The summed E-state index contributed by atoms with van der Waals surface area (Å²) in [5.41, 5.74) is 3.12. The first kappa shape index (κ1) is 11.7. The van der Waals surface area contributed by atoms with Gasteiger partial charge in [-0.05, 0) is 42.5 Å². The maximum absolute atomic E-state index is 12.0. The van der Waals surface area contributed by atoms with E-state index in [1.165, 1.54) is 5.56 Å². The minimum absolute atomic E-state index is 0.0705. The molecule has 0 bridgehead atoms. The molecule has 4 heteroatoms. The van der Waals surface area contributed by atoms with Crippen LogP contribution >= 0.6 is 0 Å². The molecule has 1 saturated carbocycles. The maximum atomic E-state index is 12.0. The van der Waals surface area contributed by atoms with E-state index in [4.69, 9.17) is 4.74 Å². The second kappa shape index (κ2) is 4.71. The highest BCUT2D eigenvalue weighted by Crippen LogP contribution is 2.28. The van der Waals surface area contributed by atoms with Crippen molar-refractivity contribution in [3.05, 3.63) is 29.3 Å². The molecule has 2 N–H and O–H groups in total. The molecule has 18 heavy (non-hydrogen) atoms. The lowest BCUT2D eigenvalue weighted by molar-refractivity contribution is -0.122. The van der Waals surface area contributed by atoms with E-state index in [9.17, 15) is 9.90 Å². The Bertz CT molecular complexity index is 472. The second-order valence-electron chi connectivity index (χ2n) is 5.07. The SMILES string of the molecule is O=C(Nc1ccc2c(c1)COC2)C1CCCC1O. The maximum Gasteiger partial charge on any atom is 0.230 e. The van der Waals surface area contributed by atoms with Gasteiger partial charge in [-0.3, -0.25) is 4.79 Å². The van der Waals surface area contributed by atoms with Crippen LogP contribution in [0.15, 0.2) is 18.2 Å². The molecule has 1 aromatic rings. The number of hydrogen-bond donors (Lipinski definition) is 2. The number of rotatable bonds is 2. The monoisotopic (exact) mass is 247 g/mol. The second-order valence-corrected chi connectivity index (χ2v) is 5.07. The number of carbonyl (C=O) groups is 1. The molecule has 0 saturated heterocycles. The molecular formula is C14H17NO3. The van der Waals surface area contributed by atoms with Crippen LogP contribution in [0.1, 0.15) is 30.4 Å². The zero-order valence-corrected chi connectivity index (χ0v) is 10.2. The third kappa shape index (κ3) is 2.13. The van der Waals surface area contributed by atoms with Gasteiger partial charge in [-0.1, -0.05) is 6.07 Å². The number of aliphatic hydroxyl groups excluding tert-OH is 1. The predicted molar refractivity (Wildman–Crippen MR) is 66.9 cm³/mol. The molecule has 96 valence electrons. The summed E-state index contributed by atoms with van der Waals surface area (Å²) >= 11 is 0. The summed E-state index contributed by atoms with van der Waals surface area (Å²) in [6.45, 7) is 1.27.